The molecule has 0 radical (unpaired) electrons. The van der Waals surface area contributed by atoms with Gasteiger partial charge in [0.25, 0.3) is 0 Å². The van der Waals surface area contributed by atoms with Crippen LogP contribution in [0.25, 0.3) is 27.5 Å². The van der Waals surface area contributed by atoms with Gasteiger partial charge < -0.3 is 10.3 Å². The van der Waals surface area contributed by atoms with Gasteiger partial charge in [0, 0.05) is 22.1 Å². The minimum atomic E-state index is -0.340. The van der Waals surface area contributed by atoms with E-state index in [1.54, 1.807) is 24.3 Å². The van der Waals surface area contributed by atoms with E-state index < -0.39 is 0 Å². The van der Waals surface area contributed by atoms with Crippen LogP contribution >= 0.6 is 0 Å². The molecule has 2 N–H and O–H groups in total. The van der Waals surface area contributed by atoms with Crippen LogP contribution < -0.4 is 5.73 Å². The van der Waals surface area contributed by atoms with Gasteiger partial charge in [-0.15, -0.1) is 0 Å². The fourth-order valence-electron chi connectivity index (χ4n) is 2.87. The molecule has 0 unspecified atom stereocenters. The number of aromatic nitrogens is 1. The quantitative estimate of drug-likeness (QED) is 0.509. The number of nitrogens with two attached hydrogens (primary N) is 1. The first-order valence-electron chi connectivity index (χ1n) is 6.88. The highest BCUT2D eigenvalue weighted by Gasteiger charge is 2.13. The van der Waals surface area contributed by atoms with E-state index in [0.29, 0.717) is 16.5 Å². The zero-order valence-electron chi connectivity index (χ0n) is 11.6. The van der Waals surface area contributed by atoms with Crippen molar-refractivity contribution in [2.24, 2.45) is 0 Å². The van der Waals surface area contributed by atoms with Gasteiger partial charge >= 0.3 is 0 Å². The van der Waals surface area contributed by atoms with Crippen molar-refractivity contribution in [2.45, 2.75) is 0 Å². The summed E-state index contributed by atoms with van der Waals surface area (Å²) in [5.41, 5.74) is 8.95. The average molecular weight is 294 g/mol. The normalized spacial score (nSPS) is 11.4. The highest BCUT2D eigenvalue weighted by atomic mass is 19.1. The van der Waals surface area contributed by atoms with Gasteiger partial charge in [0.2, 0.25) is 0 Å². The van der Waals surface area contributed by atoms with Gasteiger partial charge in [0.1, 0.15) is 11.6 Å². The lowest BCUT2D eigenvalue weighted by Crippen LogP contribution is -1.94. The van der Waals surface area contributed by atoms with Crippen LogP contribution in [-0.2, 0) is 0 Å². The van der Waals surface area contributed by atoms with Crippen molar-refractivity contribution < 1.29 is 8.78 Å². The maximum Gasteiger partial charge on any atom is 0.123 e. The smallest absolute Gasteiger partial charge is 0.123 e. The Hall–Kier alpha value is -2.88. The van der Waals surface area contributed by atoms with Crippen LogP contribution in [-0.4, -0.2) is 4.57 Å². The molecule has 0 saturated heterocycles. The molecule has 0 aliphatic rings. The third-order valence-electron chi connectivity index (χ3n) is 3.84. The Balaban J connectivity index is 2.17. The standard InChI is InChI=1S/C18H12F2N2/c19-11-1-7-17-15(9-11)16-10-12(20)2-8-18(16)22(17)14-5-3-13(21)4-6-14/h1-10H,21H2. The van der Waals surface area contributed by atoms with Crippen molar-refractivity contribution in [1.29, 1.82) is 0 Å². The Labute approximate surface area is 125 Å². The van der Waals surface area contributed by atoms with Crippen molar-refractivity contribution in [3.05, 3.63) is 72.3 Å². The van der Waals surface area contributed by atoms with Gasteiger partial charge in [-0.3, -0.25) is 0 Å². The molecular weight excluding hydrogens is 282 g/mol. The number of anilines is 1. The van der Waals surface area contributed by atoms with Crippen LogP contribution in [0.15, 0.2) is 60.7 Å². The van der Waals surface area contributed by atoms with E-state index in [1.165, 1.54) is 24.3 Å². The third-order valence-corrected chi connectivity index (χ3v) is 3.84. The lowest BCUT2D eigenvalue weighted by molar-refractivity contribution is 0.628. The Morgan fingerprint density at radius 2 is 1.18 bits per heavy atom. The number of hydrogen-bond acceptors (Lipinski definition) is 1. The van der Waals surface area contributed by atoms with E-state index in [2.05, 4.69) is 0 Å². The summed E-state index contributed by atoms with van der Waals surface area (Å²) in [6.45, 7) is 0. The summed E-state index contributed by atoms with van der Waals surface area (Å²) in [5.74, 6) is -0.679. The number of halogens is 2. The molecule has 4 aromatic rings. The second-order valence-electron chi connectivity index (χ2n) is 5.25. The Bertz CT molecular complexity index is 942. The van der Waals surface area contributed by atoms with Crippen molar-refractivity contribution in [3.8, 4) is 5.69 Å². The molecule has 0 aliphatic heterocycles. The Morgan fingerprint density at radius 1 is 0.682 bits per heavy atom. The monoisotopic (exact) mass is 294 g/mol. The first kappa shape index (κ1) is 12.8. The molecule has 3 aromatic carbocycles. The predicted molar refractivity (Wildman–Crippen MR) is 85.1 cm³/mol. The van der Waals surface area contributed by atoms with Crippen LogP contribution in [0.5, 0.6) is 0 Å². The molecule has 4 rings (SSSR count). The lowest BCUT2D eigenvalue weighted by atomic mass is 10.1. The predicted octanol–water partition coefficient (Wildman–Crippen LogP) is 4.64. The number of nitrogen functional groups attached to an aromatic ring is 1. The van der Waals surface area contributed by atoms with Gasteiger partial charge in [-0.05, 0) is 60.7 Å². The summed E-state index contributed by atoms with van der Waals surface area (Å²) in [6.07, 6.45) is 0. The molecule has 0 spiro atoms. The summed E-state index contributed by atoms with van der Waals surface area (Å²) in [4.78, 5) is 0. The van der Waals surface area contributed by atoms with Crippen LogP contribution in [0.1, 0.15) is 0 Å². The van der Waals surface area contributed by atoms with Crippen LogP contribution in [0.2, 0.25) is 0 Å². The second-order valence-corrected chi connectivity index (χ2v) is 5.25. The average Bonchev–Trinajstić information content (AvgIpc) is 2.81. The van der Waals surface area contributed by atoms with Crippen molar-refractivity contribution in [1.82, 2.24) is 4.57 Å². The molecule has 0 aliphatic carbocycles. The summed E-state index contributed by atoms with van der Waals surface area (Å²) in [7, 11) is 0. The summed E-state index contributed by atoms with van der Waals surface area (Å²) >= 11 is 0. The van der Waals surface area contributed by atoms with E-state index in [-0.39, 0.29) is 11.6 Å². The molecule has 0 saturated carbocycles. The minimum absolute atomic E-state index is 0.340. The topological polar surface area (TPSA) is 30.9 Å². The van der Waals surface area contributed by atoms with E-state index in [0.717, 1.165) is 16.7 Å². The highest BCUT2D eigenvalue weighted by molar-refractivity contribution is 6.09. The number of hydrogen-bond donors (Lipinski definition) is 1. The van der Waals surface area contributed by atoms with Crippen LogP contribution in [0.3, 0.4) is 0 Å². The second kappa shape index (κ2) is 4.56. The molecule has 4 heteroatoms. The molecule has 0 atom stereocenters. The zero-order valence-corrected chi connectivity index (χ0v) is 11.6. The maximum atomic E-state index is 13.6. The molecular formula is C18H12F2N2. The van der Waals surface area contributed by atoms with Gasteiger partial charge in [-0.25, -0.2) is 8.78 Å². The fourth-order valence-corrected chi connectivity index (χ4v) is 2.87. The zero-order chi connectivity index (χ0) is 15.3. The molecule has 108 valence electrons. The number of benzene rings is 3. The number of fused-ring (bicyclic) bond motifs is 3. The summed E-state index contributed by atoms with van der Waals surface area (Å²) < 4.78 is 29.2. The van der Waals surface area contributed by atoms with E-state index in [9.17, 15) is 8.78 Å². The van der Waals surface area contributed by atoms with Gasteiger partial charge in [-0.1, -0.05) is 0 Å². The van der Waals surface area contributed by atoms with E-state index in [1.807, 2.05) is 16.7 Å². The molecule has 0 bridgehead atoms. The van der Waals surface area contributed by atoms with Crippen molar-refractivity contribution >= 4 is 27.5 Å². The largest absolute Gasteiger partial charge is 0.399 e. The maximum absolute atomic E-state index is 13.6. The van der Waals surface area contributed by atoms with E-state index >= 15 is 0 Å². The first-order valence-corrected chi connectivity index (χ1v) is 6.88. The summed E-state index contributed by atoms with van der Waals surface area (Å²) in [5, 5.41) is 1.37. The van der Waals surface area contributed by atoms with Crippen molar-refractivity contribution in [2.75, 3.05) is 5.73 Å². The minimum Gasteiger partial charge on any atom is -0.399 e. The number of rotatable bonds is 1. The molecule has 22 heavy (non-hydrogen) atoms. The van der Waals surface area contributed by atoms with Crippen molar-refractivity contribution in [3.63, 3.8) is 0 Å². The highest BCUT2D eigenvalue weighted by Crippen LogP contribution is 2.33. The molecule has 0 amide bonds. The third kappa shape index (κ3) is 1.84. The number of nitrogens with zero attached hydrogens (tertiary/aromatic N) is 1. The van der Waals surface area contributed by atoms with E-state index in [4.69, 9.17) is 5.73 Å². The van der Waals surface area contributed by atoms with Gasteiger partial charge in [0.05, 0.1) is 11.0 Å². The summed E-state index contributed by atoms with van der Waals surface area (Å²) in [6, 6.07) is 16.5. The first-order chi connectivity index (χ1) is 10.6. The van der Waals surface area contributed by atoms with Gasteiger partial charge in [-0.2, -0.15) is 0 Å². The molecule has 0 fully saturated rings. The van der Waals surface area contributed by atoms with Crippen LogP contribution in [0, 0.1) is 11.6 Å². The fraction of sp³-hybridized carbons (Fsp3) is 0. The molecule has 1 aromatic heterocycles. The SMILES string of the molecule is Nc1ccc(-n2c3ccc(F)cc3c3cc(F)ccc32)cc1. The molecule has 1 heterocycles. The Morgan fingerprint density at radius 3 is 1.68 bits per heavy atom. The molecule has 2 nitrogen and oxygen atoms in total. The Kier molecular flexibility index (Phi) is 2.66. The van der Waals surface area contributed by atoms with Crippen LogP contribution in [0.4, 0.5) is 14.5 Å². The van der Waals surface area contributed by atoms with Gasteiger partial charge in [0.15, 0.2) is 0 Å². The lowest BCUT2D eigenvalue weighted by Gasteiger charge is -2.08.